The number of aliphatic hydroxyl groups excluding tert-OH is 1. The van der Waals surface area contributed by atoms with E-state index in [0.29, 0.717) is 21.9 Å². The molecular weight excluding hydrogens is 503 g/mol. The predicted molar refractivity (Wildman–Crippen MR) is 136 cm³/mol. The van der Waals surface area contributed by atoms with Crippen molar-refractivity contribution in [2.45, 2.75) is 50.1 Å². The van der Waals surface area contributed by atoms with Crippen LogP contribution in [0.1, 0.15) is 31.2 Å². The number of halogens is 2. The van der Waals surface area contributed by atoms with Crippen LogP contribution in [0.25, 0.3) is 28.0 Å². The Hall–Kier alpha value is -3.21. The number of amides is 1. The molecule has 37 heavy (non-hydrogen) atoms. The van der Waals surface area contributed by atoms with Crippen LogP contribution in [-0.2, 0) is 9.47 Å². The van der Waals surface area contributed by atoms with Crippen molar-refractivity contribution in [3.63, 3.8) is 0 Å². The number of nitrogens with one attached hydrogen (secondary N) is 2. The first-order valence-corrected chi connectivity index (χ1v) is 12.6. The van der Waals surface area contributed by atoms with E-state index in [1.165, 1.54) is 12.7 Å². The van der Waals surface area contributed by atoms with Gasteiger partial charge in [0, 0.05) is 18.2 Å². The van der Waals surface area contributed by atoms with E-state index in [-0.39, 0.29) is 31.7 Å². The van der Waals surface area contributed by atoms with Gasteiger partial charge in [-0.2, -0.15) is 4.98 Å². The van der Waals surface area contributed by atoms with E-state index in [2.05, 4.69) is 31.1 Å². The molecule has 3 heterocycles. The van der Waals surface area contributed by atoms with Crippen molar-refractivity contribution in [1.82, 2.24) is 20.3 Å². The Morgan fingerprint density at radius 3 is 2.78 bits per heavy atom. The van der Waals surface area contributed by atoms with Crippen LogP contribution in [0.2, 0.25) is 5.02 Å². The molecule has 3 N–H and O–H groups in total. The van der Waals surface area contributed by atoms with E-state index >= 15 is 0 Å². The van der Waals surface area contributed by atoms with Gasteiger partial charge in [-0.05, 0) is 42.9 Å². The summed E-state index contributed by atoms with van der Waals surface area (Å²) in [5.41, 5.74) is 4.72. The highest BCUT2D eigenvalue weighted by Gasteiger charge is 2.39. The fraction of sp³-hybridized carbons (Fsp3) is 0.423. The van der Waals surface area contributed by atoms with E-state index < -0.39 is 24.5 Å². The summed E-state index contributed by atoms with van der Waals surface area (Å²) in [6.07, 6.45) is 1.52. The summed E-state index contributed by atoms with van der Waals surface area (Å²) < 4.78 is 30.3. The lowest BCUT2D eigenvalue weighted by molar-refractivity contribution is 0.0562. The molecule has 1 aliphatic carbocycles. The molecule has 1 fully saturated rings. The first-order chi connectivity index (χ1) is 17.9. The lowest BCUT2D eigenvalue weighted by Crippen LogP contribution is -2.35. The minimum absolute atomic E-state index is 0.0758. The summed E-state index contributed by atoms with van der Waals surface area (Å²) in [4.78, 5) is 23.4. The number of carbonyl (C=O) groups excluding carboxylic acids is 1. The van der Waals surface area contributed by atoms with Crippen molar-refractivity contribution < 1.29 is 28.5 Å². The number of ether oxygens (including phenoxy) is 3. The van der Waals surface area contributed by atoms with E-state index in [1.807, 2.05) is 24.3 Å². The van der Waals surface area contributed by atoms with Crippen LogP contribution in [0, 0.1) is 0 Å². The fourth-order valence-electron chi connectivity index (χ4n) is 4.70. The van der Waals surface area contributed by atoms with Gasteiger partial charge in [0.05, 0.1) is 36.1 Å². The van der Waals surface area contributed by atoms with Crippen molar-refractivity contribution in [3.05, 3.63) is 47.0 Å². The summed E-state index contributed by atoms with van der Waals surface area (Å²) in [7, 11) is 1.36. The molecule has 0 spiro atoms. The molecule has 2 aliphatic rings. The van der Waals surface area contributed by atoms with Crippen molar-refractivity contribution in [2.75, 3.05) is 20.3 Å². The fourth-order valence-corrected chi connectivity index (χ4v) is 4.96. The van der Waals surface area contributed by atoms with E-state index in [9.17, 15) is 9.18 Å². The zero-order chi connectivity index (χ0) is 25.9. The minimum Gasteiger partial charge on any atom is -0.456 e. The Morgan fingerprint density at radius 1 is 1.30 bits per heavy atom. The number of aromatic nitrogens is 3. The van der Waals surface area contributed by atoms with Gasteiger partial charge in [-0.3, -0.25) is 0 Å². The summed E-state index contributed by atoms with van der Waals surface area (Å²) >= 11 is 6.54. The van der Waals surface area contributed by atoms with Crippen molar-refractivity contribution in [2.24, 2.45) is 0 Å². The summed E-state index contributed by atoms with van der Waals surface area (Å²) in [5, 5.41) is 12.3. The van der Waals surface area contributed by atoms with Crippen molar-refractivity contribution in [3.8, 4) is 17.3 Å². The maximum absolute atomic E-state index is 14.5. The summed E-state index contributed by atoms with van der Waals surface area (Å²) in [5.74, 6) is 0. The lowest BCUT2D eigenvalue weighted by Gasteiger charge is -2.22. The number of hydrogen-bond acceptors (Lipinski definition) is 7. The minimum atomic E-state index is -1.36. The zero-order valence-corrected chi connectivity index (χ0v) is 21.0. The van der Waals surface area contributed by atoms with Crippen molar-refractivity contribution >= 4 is 34.4 Å². The number of fused-ring (bicyclic) bond motifs is 1. The Kier molecular flexibility index (Phi) is 7.59. The average molecular weight is 531 g/mol. The normalized spacial score (nSPS) is 23.6. The molecule has 1 amide bonds. The van der Waals surface area contributed by atoms with Gasteiger partial charge in [0.2, 0.25) is 0 Å². The number of allylic oxidation sites excluding steroid dienone is 1. The third-order valence-electron chi connectivity index (χ3n) is 6.71. The second-order valence-corrected chi connectivity index (χ2v) is 9.54. The van der Waals surface area contributed by atoms with E-state index in [1.54, 1.807) is 6.07 Å². The van der Waals surface area contributed by atoms with E-state index in [0.717, 1.165) is 30.4 Å². The van der Waals surface area contributed by atoms with Gasteiger partial charge in [0.15, 0.2) is 17.9 Å². The quantitative estimate of drug-likeness (QED) is 0.413. The number of imidazole rings is 1. The Balaban J connectivity index is 1.29. The molecule has 0 radical (unpaired) electrons. The molecule has 5 rings (SSSR count). The number of carbonyl (C=O) groups is 1. The van der Waals surface area contributed by atoms with Gasteiger partial charge in [-0.25, -0.2) is 14.2 Å². The maximum atomic E-state index is 14.5. The molecule has 0 saturated carbocycles. The number of methoxy groups -OCH3 is 1. The molecule has 0 bridgehead atoms. The molecule has 196 valence electrons. The molecule has 1 unspecified atom stereocenters. The number of aromatic amines is 1. The first-order valence-electron chi connectivity index (χ1n) is 12.2. The highest BCUT2D eigenvalue weighted by Crippen LogP contribution is 2.33. The topological polar surface area (TPSA) is 119 Å². The van der Waals surface area contributed by atoms with Gasteiger partial charge in [-0.1, -0.05) is 41.9 Å². The number of benzene rings is 1. The smallest absolute Gasteiger partial charge is 0.407 e. The number of aliphatic hydroxyl groups is 1. The van der Waals surface area contributed by atoms with Crippen molar-refractivity contribution in [1.29, 1.82) is 0 Å². The number of alkyl carbamates (subject to hydrolysis) is 1. The molecule has 4 atom stereocenters. The van der Waals surface area contributed by atoms with Crippen LogP contribution in [0.5, 0.6) is 6.01 Å². The number of pyridine rings is 1. The maximum Gasteiger partial charge on any atom is 0.407 e. The first kappa shape index (κ1) is 25.4. The molecule has 1 aromatic carbocycles. The largest absolute Gasteiger partial charge is 0.456 e. The third kappa shape index (κ3) is 5.56. The highest BCUT2D eigenvalue weighted by molar-refractivity contribution is 6.33. The SMILES string of the molecule is COC(=O)NC1CC=C(c2ccc(-c3nc4nc(O[C@@H]5CO[C@H](CCO)[C@H]5F)[nH]c4cc3Cl)cc2)CC1. The third-order valence-corrected chi connectivity index (χ3v) is 7.00. The Bertz CT molecular complexity index is 1300. The van der Waals surface area contributed by atoms with Crippen LogP contribution in [0.4, 0.5) is 9.18 Å². The number of hydrogen-bond donors (Lipinski definition) is 3. The van der Waals surface area contributed by atoms with Gasteiger partial charge >= 0.3 is 6.09 Å². The molecule has 1 aliphatic heterocycles. The van der Waals surface area contributed by atoms with Crippen LogP contribution in [0.15, 0.2) is 36.4 Å². The highest BCUT2D eigenvalue weighted by atomic mass is 35.5. The number of H-pyrrole nitrogens is 1. The second-order valence-electron chi connectivity index (χ2n) is 9.13. The molecular formula is C26H28ClFN4O5. The van der Waals surface area contributed by atoms with Crippen LogP contribution < -0.4 is 10.1 Å². The zero-order valence-electron chi connectivity index (χ0n) is 20.2. The molecule has 3 aromatic rings. The van der Waals surface area contributed by atoms with Gasteiger partial charge in [-0.15, -0.1) is 0 Å². The van der Waals surface area contributed by atoms with E-state index in [4.69, 9.17) is 26.2 Å². The van der Waals surface area contributed by atoms with Crippen LogP contribution in [-0.4, -0.2) is 70.9 Å². The number of nitrogens with zero attached hydrogens (tertiary/aromatic N) is 2. The number of rotatable bonds is 7. The van der Waals surface area contributed by atoms with Gasteiger partial charge < -0.3 is 29.6 Å². The number of alkyl halides is 1. The summed E-state index contributed by atoms with van der Waals surface area (Å²) in [6.45, 7) is -0.0746. The Morgan fingerprint density at radius 2 is 2.08 bits per heavy atom. The van der Waals surface area contributed by atoms with Gasteiger partial charge in [0.1, 0.15) is 0 Å². The van der Waals surface area contributed by atoms with Crippen LogP contribution >= 0.6 is 11.6 Å². The second kappa shape index (κ2) is 11.0. The molecule has 2 aromatic heterocycles. The average Bonchev–Trinajstić information content (AvgIpc) is 3.46. The van der Waals surface area contributed by atoms with Gasteiger partial charge in [0.25, 0.3) is 6.01 Å². The molecule has 1 saturated heterocycles. The molecule has 11 heteroatoms. The predicted octanol–water partition coefficient (Wildman–Crippen LogP) is 4.44. The lowest BCUT2D eigenvalue weighted by atomic mass is 9.90. The Labute approximate surface area is 218 Å². The standard InChI is InChI=1S/C26H28ClFN4O5/c1-35-26(34)29-17-8-6-15(7-9-17)14-2-4-16(5-3-14)23-18(27)12-19-24(31-23)32-25(30-19)37-21-13-36-20(10-11-33)22(21)28/h2-6,12,17,20-22,33H,7-11,13H2,1H3,(H,29,34)(H,30,31,32)/t17?,20-,21-,22-/m1/s1. The van der Waals surface area contributed by atoms with Crippen LogP contribution in [0.3, 0.4) is 0 Å². The summed E-state index contributed by atoms with van der Waals surface area (Å²) in [6, 6.07) is 9.91. The molecule has 9 nitrogen and oxygen atoms in total. The monoisotopic (exact) mass is 530 g/mol.